The van der Waals surface area contributed by atoms with Crippen LogP contribution in [0.2, 0.25) is 0 Å². The van der Waals surface area contributed by atoms with Crippen LogP contribution in [0.5, 0.6) is 0 Å². The van der Waals surface area contributed by atoms with Gasteiger partial charge in [-0.05, 0) is 26.7 Å². The molecule has 0 aliphatic carbocycles. The van der Waals surface area contributed by atoms with Crippen molar-refractivity contribution in [1.82, 2.24) is 5.32 Å². The molecular weight excluding hydrogens is 212 g/mol. The van der Waals surface area contributed by atoms with Gasteiger partial charge in [-0.2, -0.15) is 0 Å². The van der Waals surface area contributed by atoms with Gasteiger partial charge in [0.1, 0.15) is 0 Å². The van der Waals surface area contributed by atoms with E-state index in [9.17, 15) is 4.79 Å². The first-order chi connectivity index (χ1) is 6.88. The standard InChI is InChI=1S/C10H20N2O2S/c1-5-10(6-2,8(11)15)12-9(13)14-7(3)4/h7H,5-6H2,1-4H3,(H2,11,15)(H,12,13). The molecule has 0 aliphatic heterocycles. The molecule has 0 spiro atoms. The van der Waals surface area contributed by atoms with E-state index in [1.165, 1.54) is 0 Å². The number of ether oxygens (including phenoxy) is 1. The van der Waals surface area contributed by atoms with E-state index in [1.807, 2.05) is 13.8 Å². The van der Waals surface area contributed by atoms with Crippen molar-refractivity contribution in [2.45, 2.75) is 52.2 Å². The average Bonchev–Trinajstić information content (AvgIpc) is 2.12. The minimum absolute atomic E-state index is 0.150. The van der Waals surface area contributed by atoms with Crippen LogP contribution >= 0.6 is 12.2 Å². The van der Waals surface area contributed by atoms with E-state index in [-0.39, 0.29) is 6.10 Å². The highest BCUT2D eigenvalue weighted by Gasteiger charge is 2.32. The Kier molecular flexibility index (Phi) is 5.57. The van der Waals surface area contributed by atoms with E-state index in [0.29, 0.717) is 17.8 Å². The minimum Gasteiger partial charge on any atom is -0.447 e. The molecule has 0 radical (unpaired) electrons. The lowest BCUT2D eigenvalue weighted by atomic mass is 9.93. The third-order valence-electron chi connectivity index (χ3n) is 2.36. The number of carbonyl (C=O) groups is 1. The Morgan fingerprint density at radius 2 is 1.93 bits per heavy atom. The zero-order chi connectivity index (χ0) is 12.1. The molecule has 0 aliphatic rings. The molecular formula is C10H20N2O2S. The van der Waals surface area contributed by atoms with Gasteiger partial charge in [0, 0.05) is 0 Å². The predicted octanol–water partition coefficient (Wildman–Crippen LogP) is 1.97. The number of nitrogens with one attached hydrogen (secondary N) is 1. The van der Waals surface area contributed by atoms with Gasteiger partial charge >= 0.3 is 6.09 Å². The molecule has 0 heterocycles. The maximum Gasteiger partial charge on any atom is 0.408 e. The van der Waals surface area contributed by atoms with E-state index in [2.05, 4.69) is 5.32 Å². The second kappa shape index (κ2) is 5.90. The number of rotatable bonds is 5. The second-order valence-corrected chi connectivity index (χ2v) is 4.17. The molecule has 1 amide bonds. The summed E-state index contributed by atoms with van der Waals surface area (Å²) in [5.41, 5.74) is 5.01. The van der Waals surface area contributed by atoms with Crippen molar-refractivity contribution in [3.8, 4) is 0 Å². The molecule has 0 atom stereocenters. The van der Waals surface area contributed by atoms with E-state index in [1.54, 1.807) is 13.8 Å². The fraction of sp³-hybridized carbons (Fsp3) is 0.800. The van der Waals surface area contributed by atoms with Crippen molar-refractivity contribution in [1.29, 1.82) is 0 Å². The highest BCUT2D eigenvalue weighted by atomic mass is 32.1. The van der Waals surface area contributed by atoms with Crippen LogP contribution in [0.1, 0.15) is 40.5 Å². The van der Waals surface area contributed by atoms with Gasteiger partial charge in [0.15, 0.2) is 0 Å². The van der Waals surface area contributed by atoms with Crippen LogP contribution < -0.4 is 11.1 Å². The SMILES string of the molecule is CCC(CC)(NC(=O)OC(C)C)C(N)=S. The van der Waals surface area contributed by atoms with Gasteiger partial charge in [-0.15, -0.1) is 0 Å². The van der Waals surface area contributed by atoms with Crippen LogP contribution in [0.15, 0.2) is 0 Å². The molecule has 0 unspecified atom stereocenters. The van der Waals surface area contributed by atoms with Crippen LogP contribution in [0.4, 0.5) is 4.79 Å². The zero-order valence-electron chi connectivity index (χ0n) is 9.79. The Bertz CT molecular complexity index is 238. The Morgan fingerprint density at radius 3 is 2.20 bits per heavy atom. The lowest BCUT2D eigenvalue weighted by Crippen LogP contribution is -2.56. The molecule has 5 heteroatoms. The molecule has 0 aromatic rings. The molecule has 0 saturated heterocycles. The molecule has 15 heavy (non-hydrogen) atoms. The van der Waals surface area contributed by atoms with Crippen molar-refractivity contribution >= 4 is 23.3 Å². The fourth-order valence-corrected chi connectivity index (χ4v) is 1.62. The van der Waals surface area contributed by atoms with Gasteiger partial charge in [0.2, 0.25) is 0 Å². The van der Waals surface area contributed by atoms with E-state index < -0.39 is 11.6 Å². The summed E-state index contributed by atoms with van der Waals surface area (Å²) >= 11 is 4.97. The number of hydrogen-bond acceptors (Lipinski definition) is 3. The van der Waals surface area contributed by atoms with Crippen molar-refractivity contribution in [3.63, 3.8) is 0 Å². The lowest BCUT2D eigenvalue weighted by Gasteiger charge is -2.31. The van der Waals surface area contributed by atoms with Gasteiger partial charge < -0.3 is 15.8 Å². The van der Waals surface area contributed by atoms with Gasteiger partial charge in [0.25, 0.3) is 0 Å². The van der Waals surface area contributed by atoms with Crippen molar-refractivity contribution in [2.75, 3.05) is 0 Å². The van der Waals surface area contributed by atoms with E-state index >= 15 is 0 Å². The Morgan fingerprint density at radius 1 is 1.47 bits per heavy atom. The third kappa shape index (κ3) is 4.03. The molecule has 0 aromatic heterocycles. The lowest BCUT2D eigenvalue weighted by molar-refractivity contribution is 0.108. The number of alkyl carbamates (subject to hydrolysis) is 1. The van der Waals surface area contributed by atoms with Crippen LogP contribution in [0.3, 0.4) is 0 Å². The van der Waals surface area contributed by atoms with Crippen LogP contribution in [-0.2, 0) is 4.74 Å². The summed E-state index contributed by atoms with van der Waals surface area (Å²) in [4.78, 5) is 11.7. The summed E-state index contributed by atoms with van der Waals surface area (Å²) in [6.45, 7) is 7.44. The van der Waals surface area contributed by atoms with Gasteiger partial charge in [-0.25, -0.2) is 4.79 Å². The highest BCUT2D eigenvalue weighted by Crippen LogP contribution is 2.15. The number of nitrogens with two attached hydrogens (primary N) is 1. The monoisotopic (exact) mass is 232 g/mol. The number of hydrogen-bond donors (Lipinski definition) is 2. The Hall–Kier alpha value is -0.840. The number of thiocarbonyl (C=S) groups is 1. The summed E-state index contributed by atoms with van der Waals surface area (Å²) in [6, 6.07) is 0. The molecule has 0 bridgehead atoms. The maximum absolute atomic E-state index is 11.4. The number of amides is 1. The van der Waals surface area contributed by atoms with E-state index in [4.69, 9.17) is 22.7 Å². The molecule has 0 fully saturated rings. The highest BCUT2D eigenvalue weighted by molar-refractivity contribution is 7.80. The van der Waals surface area contributed by atoms with Crippen molar-refractivity contribution in [2.24, 2.45) is 5.73 Å². The summed E-state index contributed by atoms with van der Waals surface area (Å²) < 4.78 is 4.99. The quantitative estimate of drug-likeness (QED) is 0.711. The topological polar surface area (TPSA) is 64.3 Å². The average molecular weight is 232 g/mol. The second-order valence-electron chi connectivity index (χ2n) is 3.73. The van der Waals surface area contributed by atoms with Crippen LogP contribution in [0.25, 0.3) is 0 Å². The summed E-state index contributed by atoms with van der Waals surface area (Å²) in [7, 11) is 0. The Labute approximate surface area is 96.5 Å². The normalized spacial score (nSPS) is 11.3. The first-order valence-electron chi connectivity index (χ1n) is 5.16. The smallest absolute Gasteiger partial charge is 0.408 e. The van der Waals surface area contributed by atoms with E-state index in [0.717, 1.165) is 0 Å². The summed E-state index contributed by atoms with van der Waals surface area (Å²) in [5, 5.41) is 2.73. The largest absolute Gasteiger partial charge is 0.447 e. The molecule has 4 nitrogen and oxygen atoms in total. The zero-order valence-corrected chi connectivity index (χ0v) is 10.6. The number of carbonyl (C=O) groups excluding carboxylic acids is 1. The Balaban J connectivity index is 4.54. The fourth-order valence-electron chi connectivity index (χ4n) is 1.28. The third-order valence-corrected chi connectivity index (χ3v) is 2.75. The predicted molar refractivity (Wildman–Crippen MR) is 64.9 cm³/mol. The van der Waals surface area contributed by atoms with Crippen LogP contribution in [0, 0.1) is 0 Å². The van der Waals surface area contributed by atoms with Gasteiger partial charge in [0.05, 0.1) is 16.6 Å². The molecule has 3 N–H and O–H groups in total. The maximum atomic E-state index is 11.4. The molecule has 0 saturated carbocycles. The van der Waals surface area contributed by atoms with Gasteiger partial charge in [-0.3, -0.25) is 0 Å². The first-order valence-corrected chi connectivity index (χ1v) is 5.57. The van der Waals surface area contributed by atoms with Crippen molar-refractivity contribution < 1.29 is 9.53 Å². The van der Waals surface area contributed by atoms with Crippen LogP contribution in [-0.4, -0.2) is 22.7 Å². The van der Waals surface area contributed by atoms with Gasteiger partial charge in [-0.1, -0.05) is 26.1 Å². The first kappa shape index (κ1) is 14.2. The van der Waals surface area contributed by atoms with Crippen molar-refractivity contribution in [3.05, 3.63) is 0 Å². The summed E-state index contributed by atoms with van der Waals surface area (Å²) in [6.07, 6.45) is 0.696. The molecule has 0 aromatic carbocycles. The summed E-state index contributed by atoms with van der Waals surface area (Å²) in [5.74, 6) is 0. The minimum atomic E-state index is -0.624. The molecule has 0 rings (SSSR count). The molecule has 88 valence electrons.